The molecule has 0 spiro atoms. The van der Waals surface area contributed by atoms with Gasteiger partial charge >= 0.3 is 0 Å². The van der Waals surface area contributed by atoms with Gasteiger partial charge in [-0.05, 0) is 109 Å². The van der Waals surface area contributed by atoms with Crippen molar-refractivity contribution in [2.45, 2.75) is 19.6 Å². The molecule has 0 bridgehead atoms. The molecule has 0 fully saturated rings. The maximum absolute atomic E-state index is 5.41. The van der Waals surface area contributed by atoms with Gasteiger partial charge in [-0.25, -0.2) is 19.1 Å². The monoisotopic (exact) mass is 935 g/mol. The van der Waals surface area contributed by atoms with Gasteiger partial charge in [-0.15, -0.1) is 21.4 Å². The summed E-state index contributed by atoms with van der Waals surface area (Å²) in [5.74, 6) is 2.84. The molecule has 0 saturated heterocycles. The van der Waals surface area contributed by atoms with Gasteiger partial charge in [0.25, 0.3) is 0 Å². The van der Waals surface area contributed by atoms with E-state index in [1.807, 2.05) is 47.7 Å². The van der Waals surface area contributed by atoms with Crippen LogP contribution in [0.4, 0.5) is 0 Å². The highest BCUT2D eigenvalue weighted by Crippen LogP contribution is 2.73. The SMILES string of the molecule is c1ccc(S(c2ccccc2)(c2ccc(-c3nc(-n4c5ccccc5n5c6ccccc6nc45)nc(-n4c5ccccc5n5c6ccccc6nc45)n3)cc2)c2ccc3sc4ccccc4c3c2)cc1. The van der Waals surface area contributed by atoms with Crippen LogP contribution in [0.1, 0.15) is 0 Å². The van der Waals surface area contributed by atoms with Crippen molar-refractivity contribution >= 4 is 97.2 Å². The summed E-state index contributed by atoms with van der Waals surface area (Å²) in [5, 5.41) is 2.56. The minimum absolute atomic E-state index is 0.447. The Morgan fingerprint density at radius 2 is 0.771 bits per heavy atom. The van der Waals surface area contributed by atoms with E-state index in [1.165, 1.54) is 39.8 Å². The van der Waals surface area contributed by atoms with Crippen LogP contribution in [-0.4, -0.2) is 42.9 Å². The molecule has 15 rings (SSSR count). The van der Waals surface area contributed by atoms with Gasteiger partial charge in [-0.3, -0.25) is 8.80 Å². The van der Waals surface area contributed by atoms with Crippen molar-refractivity contribution in [2.24, 2.45) is 0 Å². The summed E-state index contributed by atoms with van der Waals surface area (Å²) in [7, 11) is -2.04. The van der Waals surface area contributed by atoms with Crippen LogP contribution >= 0.6 is 21.4 Å². The van der Waals surface area contributed by atoms with Crippen LogP contribution in [0.25, 0.3) is 99.1 Å². The minimum Gasteiger partial charge on any atom is -0.276 e. The summed E-state index contributed by atoms with van der Waals surface area (Å²) in [6.07, 6.45) is 0. The lowest BCUT2D eigenvalue weighted by atomic mass is 10.1. The van der Waals surface area contributed by atoms with Crippen molar-refractivity contribution in [3.05, 3.63) is 224 Å². The molecule has 9 nitrogen and oxygen atoms in total. The Labute approximate surface area is 405 Å². The van der Waals surface area contributed by atoms with Crippen LogP contribution in [0, 0.1) is 0 Å². The fourth-order valence-electron chi connectivity index (χ4n) is 10.5. The van der Waals surface area contributed by atoms with Gasteiger partial charge in [0.05, 0.1) is 44.1 Å². The highest BCUT2D eigenvalue weighted by atomic mass is 32.3. The number of thiophene rings is 1. The average Bonchev–Trinajstić information content (AvgIpc) is 4.23. The van der Waals surface area contributed by atoms with Crippen LogP contribution in [0.15, 0.2) is 244 Å². The van der Waals surface area contributed by atoms with Gasteiger partial charge in [0.1, 0.15) is 0 Å². The van der Waals surface area contributed by atoms with Crippen molar-refractivity contribution in [2.75, 3.05) is 0 Å². The molecule has 6 aromatic heterocycles. The van der Waals surface area contributed by atoms with E-state index in [2.05, 4.69) is 206 Å². The fraction of sp³-hybridized carbons (Fsp3) is 0. The number of imidazole rings is 4. The molecule has 70 heavy (non-hydrogen) atoms. The molecule has 0 aliphatic heterocycles. The number of hydrogen-bond donors (Lipinski definition) is 0. The summed E-state index contributed by atoms with van der Waals surface area (Å²) in [4.78, 5) is 31.6. The molecule has 0 amide bonds. The van der Waals surface area contributed by atoms with E-state index >= 15 is 0 Å². The summed E-state index contributed by atoms with van der Waals surface area (Å²) in [6, 6.07) is 80.0. The molecule has 0 unspecified atom stereocenters. The lowest BCUT2D eigenvalue weighted by Gasteiger charge is -2.42. The Bertz CT molecular complexity index is 4340. The van der Waals surface area contributed by atoms with Gasteiger partial charge in [-0.2, -0.15) is 15.0 Å². The molecule has 6 heterocycles. The van der Waals surface area contributed by atoms with Crippen LogP contribution in [0.2, 0.25) is 0 Å². The molecule has 0 aliphatic carbocycles. The van der Waals surface area contributed by atoms with Crippen molar-refractivity contribution in [1.82, 2.24) is 42.9 Å². The molecule has 0 radical (unpaired) electrons. The normalized spacial score (nSPS) is 12.5. The fourth-order valence-corrected chi connectivity index (χ4v) is 15.5. The Kier molecular flexibility index (Phi) is 8.41. The first-order valence-electron chi connectivity index (χ1n) is 23.2. The zero-order valence-electron chi connectivity index (χ0n) is 37.2. The van der Waals surface area contributed by atoms with Crippen LogP contribution in [-0.2, 0) is 0 Å². The van der Waals surface area contributed by atoms with Crippen LogP contribution in [0.5, 0.6) is 0 Å². The van der Waals surface area contributed by atoms with Gasteiger partial charge in [0.2, 0.25) is 23.5 Å². The van der Waals surface area contributed by atoms with E-state index in [0.717, 1.165) is 49.7 Å². The average molecular weight is 936 g/mol. The van der Waals surface area contributed by atoms with Gasteiger partial charge in [0.15, 0.2) is 5.82 Å². The number of benzene rings is 9. The predicted octanol–water partition coefficient (Wildman–Crippen LogP) is 14.7. The third kappa shape index (κ3) is 5.58. The quantitative estimate of drug-likeness (QED) is 0.159. The minimum atomic E-state index is -2.04. The van der Waals surface area contributed by atoms with E-state index < -0.39 is 10.0 Å². The topological polar surface area (TPSA) is 83.1 Å². The number of para-hydroxylation sites is 8. The van der Waals surface area contributed by atoms with Crippen molar-refractivity contribution in [3.63, 3.8) is 0 Å². The van der Waals surface area contributed by atoms with Gasteiger partial charge in [0, 0.05) is 45.3 Å². The zero-order chi connectivity index (χ0) is 45.9. The molecule has 15 aromatic rings. The van der Waals surface area contributed by atoms with E-state index in [9.17, 15) is 0 Å². The Hall–Kier alpha value is -8.90. The van der Waals surface area contributed by atoms with Crippen LogP contribution < -0.4 is 0 Å². The first-order chi connectivity index (χ1) is 34.7. The second kappa shape index (κ2) is 15.1. The van der Waals surface area contributed by atoms with E-state index in [-0.39, 0.29) is 0 Å². The highest BCUT2D eigenvalue weighted by Gasteiger charge is 2.34. The molecule has 330 valence electrons. The van der Waals surface area contributed by atoms with Gasteiger partial charge in [-0.1, -0.05) is 115 Å². The van der Waals surface area contributed by atoms with Crippen LogP contribution in [0.3, 0.4) is 0 Å². The van der Waals surface area contributed by atoms with E-state index in [0.29, 0.717) is 29.3 Å². The lowest BCUT2D eigenvalue weighted by Crippen LogP contribution is -2.11. The molecule has 9 aromatic carbocycles. The first-order valence-corrected chi connectivity index (χ1v) is 25.6. The maximum atomic E-state index is 5.41. The predicted molar refractivity (Wildman–Crippen MR) is 284 cm³/mol. The number of aromatic nitrogens is 9. The first kappa shape index (κ1) is 39.1. The van der Waals surface area contributed by atoms with Crippen molar-refractivity contribution in [3.8, 4) is 23.3 Å². The molecule has 0 atom stereocenters. The summed E-state index contributed by atoms with van der Waals surface area (Å²) in [5.41, 5.74) is 8.50. The molecule has 0 N–H and O–H groups in total. The number of rotatable bonds is 7. The third-order valence-corrected chi connectivity index (χ3v) is 18.6. The zero-order valence-corrected chi connectivity index (χ0v) is 38.8. The summed E-state index contributed by atoms with van der Waals surface area (Å²) >= 11 is 1.85. The van der Waals surface area contributed by atoms with Crippen molar-refractivity contribution in [1.29, 1.82) is 0 Å². The number of nitrogens with zero attached hydrogens (tertiary/aromatic N) is 9. The summed E-state index contributed by atoms with van der Waals surface area (Å²) < 4.78 is 11.1. The molecular formula is C59H37N9S2. The Balaban J connectivity index is 0.994. The number of fused-ring (bicyclic) bond motifs is 13. The van der Waals surface area contributed by atoms with E-state index in [1.54, 1.807) is 0 Å². The molecule has 0 saturated carbocycles. The Morgan fingerprint density at radius 1 is 0.329 bits per heavy atom. The number of hydrogen-bond acceptors (Lipinski definition) is 6. The van der Waals surface area contributed by atoms with E-state index in [4.69, 9.17) is 24.9 Å². The molecule has 11 heteroatoms. The second-order valence-corrected chi connectivity index (χ2v) is 21.6. The largest absolute Gasteiger partial charge is 0.276 e. The standard InChI is InChI=1S/C59H37N9S2/c1-3-17-39(18-4-1)70(40-19-5-2-6-20-40,42-35-36-54-44(37-42)43-21-7-16-30-53(43)69-54)41-33-31-38(32-34-41)55-62-56(67-51-28-14-12-26-49(51)65-47-24-10-8-22-45(47)60-58(65)67)64-57(63-55)68-52-29-15-13-27-50(52)66-48-25-11-9-23-46(48)61-59(66)68/h1-37H. The lowest BCUT2D eigenvalue weighted by molar-refractivity contribution is 0.877. The second-order valence-electron chi connectivity index (χ2n) is 17.4. The smallest absolute Gasteiger partial charge is 0.242 e. The van der Waals surface area contributed by atoms with Gasteiger partial charge < -0.3 is 0 Å². The maximum Gasteiger partial charge on any atom is 0.242 e. The van der Waals surface area contributed by atoms with Crippen molar-refractivity contribution < 1.29 is 0 Å². The molecule has 0 aliphatic rings. The summed E-state index contributed by atoms with van der Waals surface area (Å²) in [6.45, 7) is 0. The molecular weight excluding hydrogens is 899 g/mol. The highest BCUT2D eigenvalue weighted by molar-refractivity contribution is 8.34. The third-order valence-electron chi connectivity index (χ3n) is 13.6. The Morgan fingerprint density at radius 3 is 1.34 bits per heavy atom.